The molecule has 6 heterocycles. The molecule has 9 rings (SSSR count). The quantitative estimate of drug-likeness (QED) is 0.157. The molecule has 1 aromatic carbocycles. The monoisotopic (exact) mass is 865 g/mol. The van der Waals surface area contributed by atoms with E-state index in [1.54, 1.807) is 7.11 Å². The second-order valence-corrected chi connectivity index (χ2v) is 20.7. The summed E-state index contributed by atoms with van der Waals surface area (Å²) >= 11 is 1.44. The van der Waals surface area contributed by atoms with Crippen LogP contribution in [0.2, 0.25) is 0 Å². The number of hydrogen-bond donors (Lipinski definition) is 2. The van der Waals surface area contributed by atoms with Crippen molar-refractivity contribution in [1.82, 2.24) is 35.2 Å². The summed E-state index contributed by atoms with van der Waals surface area (Å²) in [4.78, 5) is 55.4. The van der Waals surface area contributed by atoms with Crippen LogP contribution in [0.5, 0.6) is 0 Å². The van der Waals surface area contributed by atoms with Crippen LogP contribution in [0.3, 0.4) is 0 Å². The Kier molecular flexibility index (Phi) is 11.8. The van der Waals surface area contributed by atoms with Gasteiger partial charge in [0.2, 0.25) is 5.91 Å². The van der Waals surface area contributed by atoms with Gasteiger partial charge < -0.3 is 24.1 Å². The smallest absolute Gasteiger partial charge is 0.324 e. The van der Waals surface area contributed by atoms with Crippen LogP contribution in [-0.4, -0.2) is 100 Å². The zero-order valence-electron chi connectivity index (χ0n) is 37.5. The number of cyclic esters (lactones) is 1. The number of aromatic nitrogens is 3. The molecule has 2 saturated carbocycles. The second-order valence-electron chi connectivity index (χ2n) is 19.8. The number of nitrogens with one attached hydrogen (secondary N) is 2. The lowest BCUT2D eigenvalue weighted by Crippen LogP contribution is -2.61. The van der Waals surface area contributed by atoms with Gasteiger partial charge in [0.15, 0.2) is 0 Å². The van der Waals surface area contributed by atoms with Gasteiger partial charge in [0.25, 0.3) is 5.91 Å². The van der Waals surface area contributed by atoms with Crippen LogP contribution in [0.4, 0.5) is 0 Å². The molecule has 5 aliphatic rings. The van der Waals surface area contributed by atoms with E-state index < -0.39 is 29.6 Å². The number of rotatable bonds is 10. The lowest BCUT2D eigenvalue weighted by Gasteiger charge is -2.42. The van der Waals surface area contributed by atoms with Crippen molar-refractivity contribution in [2.24, 2.45) is 29.1 Å². The molecule has 4 aromatic rings. The third-order valence-electron chi connectivity index (χ3n) is 13.9. The number of ether oxygens (including phenoxy) is 3. The minimum atomic E-state index is -1.08. The van der Waals surface area contributed by atoms with Crippen molar-refractivity contribution >= 4 is 40.0 Å². The molecular weight excluding hydrogens is 803 g/mol. The second kappa shape index (κ2) is 17.1. The van der Waals surface area contributed by atoms with Crippen LogP contribution in [0.15, 0.2) is 41.9 Å². The highest BCUT2D eigenvalue weighted by Crippen LogP contribution is 2.47. The van der Waals surface area contributed by atoms with Crippen LogP contribution in [0, 0.1) is 29.1 Å². The van der Waals surface area contributed by atoms with Gasteiger partial charge in [-0.3, -0.25) is 29.3 Å². The standard InChI is InChI=1S/C48H63N7O6S/c1-26(2)23-60-43-41(51-44(56)39-27(3)28(39)4)46(57)54-18-10-12-36(52-54)47(58)61-25-48(6,7)20-35-34-19-30(37-24-62-45(43)50-37)13-16-38(34)55(32-21-53(22-32)31-14-15-31)42(35)33-11-9-17-49-40(33)29(5)59-8/h9,11,13,16-17,19,24,26-29,31-32,36,39,41,43,52H,10,12,14-15,18,20-23,25H2,1-8H3,(H,51,56)/t27-,28+,29-,36-,39?,41-,43-/m0/s1. The van der Waals surface area contributed by atoms with Crippen LogP contribution >= 0.6 is 11.3 Å². The van der Waals surface area contributed by atoms with Gasteiger partial charge in [0.05, 0.1) is 35.8 Å². The molecule has 3 aromatic heterocycles. The third kappa shape index (κ3) is 8.33. The predicted molar refractivity (Wildman–Crippen MR) is 239 cm³/mol. The van der Waals surface area contributed by atoms with Gasteiger partial charge in [-0.2, -0.15) is 0 Å². The molecule has 4 fully saturated rings. The fourth-order valence-electron chi connectivity index (χ4n) is 9.83. The summed E-state index contributed by atoms with van der Waals surface area (Å²) in [6.07, 6.45) is 4.99. The number of methoxy groups -OCH3 is 1. The number of likely N-dealkylation sites (tertiary alicyclic amines) is 1. The first kappa shape index (κ1) is 43.1. The Balaban J connectivity index is 1.21. The number of carbonyl (C=O) groups excluding carboxylic acids is 3. The van der Waals surface area contributed by atoms with Crippen molar-refractivity contribution in [3.05, 3.63) is 58.2 Å². The normalized spacial score (nSPS) is 27.5. The number of fused-ring (bicyclic) bond motifs is 6. The summed E-state index contributed by atoms with van der Waals surface area (Å²) in [7, 11) is 1.73. The average Bonchev–Trinajstić information content (AvgIpc) is 4.09. The first-order chi connectivity index (χ1) is 29.7. The molecule has 2 N–H and O–H groups in total. The molecule has 7 atom stereocenters. The van der Waals surface area contributed by atoms with Gasteiger partial charge in [-0.05, 0) is 86.6 Å². The summed E-state index contributed by atoms with van der Waals surface area (Å²) in [5, 5.41) is 8.38. The van der Waals surface area contributed by atoms with Crippen molar-refractivity contribution < 1.29 is 28.6 Å². The number of carbonyl (C=O) groups is 3. The molecular formula is C48H63N7O6S. The van der Waals surface area contributed by atoms with E-state index in [9.17, 15) is 14.4 Å². The van der Waals surface area contributed by atoms with Gasteiger partial charge >= 0.3 is 5.97 Å². The van der Waals surface area contributed by atoms with Crippen LogP contribution in [-0.2, 0) is 35.0 Å². The number of pyridine rings is 1. The molecule has 2 amide bonds. The van der Waals surface area contributed by atoms with E-state index in [1.165, 1.54) is 34.8 Å². The molecule has 62 heavy (non-hydrogen) atoms. The summed E-state index contributed by atoms with van der Waals surface area (Å²) in [6.45, 7) is 17.5. The maximum Gasteiger partial charge on any atom is 0.324 e. The first-order valence-corrected chi connectivity index (χ1v) is 23.6. The van der Waals surface area contributed by atoms with Crippen molar-refractivity contribution in [2.45, 2.75) is 117 Å². The minimum absolute atomic E-state index is 0.159. The molecule has 3 aliphatic heterocycles. The van der Waals surface area contributed by atoms with Gasteiger partial charge in [0.1, 0.15) is 23.2 Å². The zero-order valence-corrected chi connectivity index (χ0v) is 38.3. The molecule has 332 valence electrons. The topological polar surface area (TPSA) is 140 Å². The van der Waals surface area contributed by atoms with E-state index >= 15 is 0 Å². The summed E-state index contributed by atoms with van der Waals surface area (Å²) in [5.74, 6) is -0.539. The number of hydrazine groups is 1. The third-order valence-corrected chi connectivity index (χ3v) is 14.8. The van der Waals surface area contributed by atoms with E-state index in [4.69, 9.17) is 24.2 Å². The fraction of sp³-hybridized carbons (Fsp3) is 0.604. The summed E-state index contributed by atoms with van der Waals surface area (Å²) in [6, 6.07) is 9.94. The van der Waals surface area contributed by atoms with Crippen LogP contribution in [0.25, 0.3) is 33.4 Å². The number of esters is 1. The zero-order chi connectivity index (χ0) is 43.6. The number of benzene rings is 1. The molecule has 0 spiro atoms. The highest BCUT2D eigenvalue weighted by atomic mass is 32.1. The average molecular weight is 866 g/mol. The van der Waals surface area contributed by atoms with Crippen molar-refractivity contribution in [3.8, 4) is 22.5 Å². The van der Waals surface area contributed by atoms with E-state index in [1.807, 2.05) is 24.6 Å². The molecule has 0 radical (unpaired) electrons. The van der Waals surface area contributed by atoms with Crippen molar-refractivity contribution in [3.63, 3.8) is 0 Å². The first-order valence-electron chi connectivity index (χ1n) is 22.7. The Hall–Kier alpha value is -4.21. The molecule has 1 unspecified atom stereocenters. The molecule has 13 nitrogen and oxygen atoms in total. The Morgan fingerprint density at radius 1 is 1.08 bits per heavy atom. The van der Waals surface area contributed by atoms with E-state index in [-0.39, 0.29) is 54.2 Å². The summed E-state index contributed by atoms with van der Waals surface area (Å²) < 4.78 is 21.3. The van der Waals surface area contributed by atoms with E-state index in [0.717, 1.165) is 52.2 Å². The maximum absolute atomic E-state index is 14.8. The Morgan fingerprint density at radius 3 is 2.56 bits per heavy atom. The van der Waals surface area contributed by atoms with Crippen LogP contribution in [0.1, 0.15) is 109 Å². The largest absolute Gasteiger partial charge is 0.464 e. The Morgan fingerprint density at radius 2 is 1.85 bits per heavy atom. The SMILES string of the molecule is CO[C@@H](C)c1ncccc1-c1c2c3cc(ccc3n1C1CN(C3CC3)C1)-c1csc(n1)[C@@H](OCC(C)C)[C@H](NC(=O)C1[C@@H](C)[C@H]1C)C(=O)N1CCC[C@H](N1)C(=O)OCC(C)(C)C2. The lowest BCUT2D eigenvalue weighted by atomic mass is 9.84. The van der Waals surface area contributed by atoms with Gasteiger partial charge in [-0.25, -0.2) is 10.4 Å². The van der Waals surface area contributed by atoms with Gasteiger partial charge in [-0.1, -0.05) is 47.6 Å². The molecule has 14 heteroatoms. The number of hydrogen-bond acceptors (Lipinski definition) is 11. The van der Waals surface area contributed by atoms with E-state index in [2.05, 4.69) is 86.0 Å². The van der Waals surface area contributed by atoms with Crippen LogP contribution < -0.4 is 10.7 Å². The van der Waals surface area contributed by atoms with Crippen molar-refractivity contribution in [1.29, 1.82) is 0 Å². The number of amides is 2. The molecule has 6 bridgehead atoms. The highest BCUT2D eigenvalue weighted by molar-refractivity contribution is 7.10. The van der Waals surface area contributed by atoms with E-state index in [0.29, 0.717) is 43.5 Å². The maximum atomic E-state index is 14.8. The Bertz CT molecular complexity index is 2320. The Labute approximate surface area is 369 Å². The fourth-order valence-corrected chi connectivity index (χ4v) is 10.7. The molecule has 2 saturated heterocycles. The summed E-state index contributed by atoms with van der Waals surface area (Å²) in [5.41, 5.74) is 9.79. The predicted octanol–water partition coefficient (Wildman–Crippen LogP) is 7.27. The number of thiazole rings is 1. The molecule has 2 aliphatic carbocycles. The minimum Gasteiger partial charge on any atom is -0.464 e. The van der Waals surface area contributed by atoms with Gasteiger partial charge in [-0.15, -0.1) is 11.3 Å². The lowest BCUT2D eigenvalue weighted by molar-refractivity contribution is -0.157. The van der Waals surface area contributed by atoms with Crippen molar-refractivity contribution in [2.75, 3.05) is 40.0 Å². The highest BCUT2D eigenvalue weighted by Gasteiger charge is 2.50. The number of nitrogens with zero attached hydrogens (tertiary/aromatic N) is 5. The van der Waals surface area contributed by atoms with Gasteiger partial charge in [0, 0.05) is 84.3 Å².